The van der Waals surface area contributed by atoms with Crippen LogP contribution < -0.4 is 4.90 Å². The minimum Gasteiger partial charge on any atom is -0.451 e. The van der Waals surface area contributed by atoms with Gasteiger partial charge in [-0.3, -0.25) is 4.79 Å². The Labute approximate surface area is 162 Å². The summed E-state index contributed by atoms with van der Waals surface area (Å²) in [6.07, 6.45) is 0.792. The summed E-state index contributed by atoms with van der Waals surface area (Å²) in [6.45, 7) is 3.33. The highest BCUT2D eigenvalue weighted by Gasteiger charge is 2.31. The Morgan fingerprint density at radius 3 is 2.57 bits per heavy atom. The van der Waals surface area contributed by atoms with Gasteiger partial charge in [0.1, 0.15) is 0 Å². The van der Waals surface area contributed by atoms with Gasteiger partial charge in [-0.1, -0.05) is 36.4 Å². The Hall–Kier alpha value is -3.48. The molecule has 0 N–H and O–H groups in total. The number of carbonyl (C=O) groups is 2. The normalized spacial score (nSPS) is 15.4. The third-order valence-electron chi connectivity index (χ3n) is 4.77. The molecule has 0 radical (unpaired) electrons. The average Bonchev–Trinajstić information content (AvgIpc) is 3.26. The number of ether oxygens (including phenoxy) is 1. The number of benzene rings is 2. The number of aryl methyl sites for hydroxylation is 1. The van der Waals surface area contributed by atoms with Crippen LogP contribution in [0.15, 0.2) is 54.6 Å². The van der Waals surface area contributed by atoms with Crippen LogP contribution in [0.4, 0.5) is 5.69 Å². The van der Waals surface area contributed by atoms with Gasteiger partial charge < -0.3 is 9.64 Å². The number of carbonyl (C=O) groups excluding carboxylic acids is 2. The molecule has 1 atom stereocenters. The fraction of sp³-hybridized carbons (Fsp3) is 0.238. The number of nitrogens with zero attached hydrogens (tertiary/aromatic N) is 4. The molecule has 0 saturated heterocycles. The van der Waals surface area contributed by atoms with Gasteiger partial charge in [-0.2, -0.15) is 9.90 Å². The first kappa shape index (κ1) is 17.9. The maximum atomic E-state index is 12.7. The fourth-order valence-electron chi connectivity index (χ4n) is 3.45. The number of anilines is 1. The Kier molecular flexibility index (Phi) is 4.65. The third-order valence-corrected chi connectivity index (χ3v) is 4.77. The van der Waals surface area contributed by atoms with Gasteiger partial charge in [-0.25, -0.2) is 4.79 Å². The first-order valence-electron chi connectivity index (χ1n) is 9.11. The summed E-state index contributed by atoms with van der Waals surface area (Å²) in [5, 5.41) is 8.47. The molecule has 28 heavy (non-hydrogen) atoms. The fourth-order valence-corrected chi connectivity index (χ4v) is 3.45. The Bertz CT molecular complexity index is 1030. The number of rotatable bonds is 4. The molecule has 1 aliphatic rings. The van der Waals surface area contributed by atoms with Gasteiger partial charge in [0.2, 0.25) is 0 Å². The second-order valence-corrected chi connectivity index (χ2v) is 6.78. The zero-order chi connectivity index (χ0) is 19.7. The summed E-state index contributed by atoms with van der Waals surface area (Å²) in [6, 6.07) is 17.1. The van der Waals surface area contributed by atoms with Crippen molar-refractivity contribution < 1.29 is 14.3 Å². The van der Waals surface area contributed by atoms with Gasteiger partial charge in [-0.15, -0.1) is 5.10 Å². The predicted octanol–water partition coefficient (Wildman–Crippen LogP) is 2.71. The number of fused-ring (bicyclic) bond motifs is 1. The molecule has 1 unspecified atom stereocenters. The summed E-state index contributed by atoms with van der Waals surface area (Å²) >= 11 is 0. The maximum Gasteiger partial charge on any atom is 0.361 e. The maximum absolute atomic E-state index is 12.7. The first-order chi connectivity index (χ1) is 13.5. The van der Waals surface area contributed by atoms with Crippen LogP contribution in [-0.2, 0) is 16.0 Å². The zero-order valence-electron chi connectivity index (χ0n) is 15.7. The molecule has 0 saturated carbocycles. The minimum atomic E-state index is -0.659. The van der Waals surface area contributed by atoms with E-state index in [2.05, 4.69) is 10.2 Å². The van der Waals surface area contributed by atoms with E-state index >= 15 is 0 Å². The van der Waals surface area contributed by atoms with Crippen molar-refractivity contribution in [2.24, 2.45) is 0 Å². The molecule has 0 bridgehead atoms. The van der Waals surface area contributed by atoms with E-state index in [1.807, 2.05) is 61.5 Å². The van der Waals surface area contributed by atoms with E-state index in [0.29, 0.717) is 5.69 Å². The van der Waals surface area contributed by atoms with Crippen molar-refractivity contribution in [3.63, 3.8) is 0 Å². The molecule has 0 fully saturated rings. The molecular formula is C21H20N4O3. The molecule has 1 aromatic heterocycles. The van der Waals surface area contributed by atoms with Crippen molar-refractivity contribution in [2.75, 3.05) is 11.5 Å². The molecular weight excluding hydrogens is 356 g/mol. The van der Waals surface area contributed by atoms with Crippen LogP contribution in [-0.4, -0.2) is 39.5 Å². The van der Waals surface area contributed by atoms with Crippen molar-refractivity contribution in [1.82, 2.24) is 15.0 Å². The molecule has 0 spiro atoms. The Morgan fingerprint density at radius 2 is 1.79 bits per heavy atom. The zero-order valence-corrected chi connectivity index (χ0v) is 15.7. The molecule has 1 aliphatic heterocycles. The molecule has 1 amide bonds. The Balaban J connectivity index is 1.45. The molecule has 0 aliphatic carbocycles. The van der Waals surface area contributed by atoms with E-state index in [-0.39, 0.29) is 24.2 Å². The number of amides is 1. The van der Waals surface area contributed by atoms with E-state index in [1.165, 1.54) is 4.80 Å². The van der Waals surface area contributed by atoms with Crippen LogP contribution in [0.3, 0.4) is 0 Å². The largest absolute Gasteiger partial charge is 0.451 e. The number of esters is 1. The van der Waals surface area contributed by atoms with Gasteiger partial charge >= 0.3 is 5.97 Å². The molecule has 142 valence electrons. The van der Waals surface area contributed by atoms with Gasteiger partial charge in [0.05, 0.1) is 11.4 Å². The highest BCUT2D eigenvalue weighted by atomic mass is 16.5. The standard InChI is InChI=1S/C21H20N4O3/c1-14-12-16-8-6-7-11-18(16)24(14)19(26)13-28-21(27)20-15(2)22-25(23-20)17-9-4-3-5-10-17/h3-11,14H,12-13H2,1-2H3. The quantitative estimate of drug-likeness (QED) is 0.655. The summed E-state index contributed by atoms with van der Waals surface area (Å²) in [5.41, 5.74) is 3.29. The van der Waals surface area contributed by atoms with Gasteiger partial charge in [0.25, 0.3) is 5.91 Å². The van der Waals surface area contributed by atoms with Crippen molar-refractivity contribution in [3.8, 4) is 5.69 Å². The lowest BCUT2D eigenvalue weighted by molar-refractivity contribution is -0.122. The van der Waals surface area contributed by atoms with E-state index < -0.39 is 5.97 Å². The summed E-state index contributed by atoms with van der Waals surface area (Å²) in [7, 11) is 0. The Morgan fingerprint density at radius 1 is 1.07 bits per heavy atom. The molecule has 7 nitrogen and oxygen atoms in total. The van der Waals surface area contributed by atoms with Crippen LogP contribution >= 0.6 is 0 Å². The van der Waals surface area contributed by atoms with E-state index in [1.54, 1.807) is 11.8 Å². The summed E-state index contributed by atoms with van der Waals surface area (Å²) < 4.78 is 5.25. The summed E-state index contributed by atoms with van der Waals surface area (Å²) in [5.74, 6) is -0.910. The lowest BCUT2D eigenvalue weighted by Crippen LogP contribution is -2.38. The van der Waals surface area contributed by atoms with Crippen LogP contribution in [0, 0.1) is 6.92 Å². The lowest BCUT2D eigenvalue weighted by Gasteiger charge is -2.22. The van der Waals surface area contributed by atoms with Gasteiger partial charge in [0.15, 0.2) is 12.3 Å². The molecule has 2 heterocycles. The van der Waals surface area contributed by atoms with Crippen LogP contribution in [0.5, 0.6) is 0 Å². The third kappa shape index (κ3) is 3.26. The monoisotopic (exact) mass is 376 g/mol. The van der Waals surface area contributed by atoms with Crippen molar-refractivity contribution >= 4 is 17.6 Å². The predicted molar refractivity (Wildman–Crippen MR) is 103 cm³/mol. The second-order valence-electron chi connectivity index (χ2n) is 6.78. The van der Waals surface area contributed by atoms with Gasteiger partial charge in [0, 0.05) is 11.7 Å². The van der Waals surface area contributed by atoms with Crippen molar-refractivity contribution in [1.29, 1.82) is 0 Å². The van der Waals surface area contributed by atoms with Crippen LogP contribution in [0.2, 0.25) is 0 Å². The molecule has 2 aromatic carbocycles. The van der Waals surface area contributed by atoms with Crippen molar-refractivity contribution in [3.05, 3.63) is 71.5 Å². The number of para-hydroxylation sites is 2. The van der Waals surface area contributed by atoms with Crippen LogP contribution in [0.1, 0.15) is 28.7 Å². The molecule has 7 heteroatoms. The second kappa shape index (κ2) is 7.26. The first-order valence-corrected chi connectivity index (χ1v) is 9.11. The highest BCUT2D eigenvalue weighted by Crippen LogP contribution is 2.31. The topological polar surface area (TPSA) is 77.3 Å². The summed E-state index contributed by atoms with van der Waals surface area (Å²) in [4.78, 5) is 28.2. The number of aromatic nitrogens is 3. The molecule has 4 rings (SSSR count). The van der Waals surface area contributed by atoms with E-state index in [0.717, 1.165) is 23.4 Å². The average molecular weight is 376 g/mol. The van der Waals surface area contributed by atoms with Crippen molar-refractivity contribution in [2.45, 2.75) is 26.3 Å². The highest BCUT2D eigenvalue weighted by molar-refractivity contribution is 5.98. The molecule has 3 aromatic rings. The smallest absolute Gasteiger partial charge is 0.361 e. The SMILES string of the molecule is Cc1nn(-c2ccccc2)nc1C(=O)OCC(=O)N1c2ccccc2CC1C. The minimum absolute atomic E-state index is 0.0318. The van der Waals surface area contributed by atoms with E-state index in [9.17, 15) is 9.59 Å². The van der Waals surface area contributed by atoms with Crippen LogP contribution in [0.25, 0.3) is 5.69 Å². The number of hydrogen-bond acceptors (Lipinski definition) is 5. The van der Waals surface area contributed by atoms with E-state index in [4.69, 9.17) is 4.74 Å². The number of hydrogen-bond donors (Lipinski definition) is 0. The van der Waals surface area contributed by atoms with Gasteiger partial charge in [-0.05, 0) is 44.0 Å². The lowest BCUT2D eigenvalue weighted by atomic mass is 10.1.